The zero-order valence-corrected chi connectivity index (χ0v) is 6.21. The zero-order chi connectivity index (χ0) is 7.40. The van der Waals surface area contributed by atoms with Crippen molar-refractivity contribution in [2.75, 3.05) is 32.7 Å². The third-order valence-corrected chi connectivity index (χ3v) is 1.68. The number of hydrogen-bond donors (Lipinski definition) is 2. The van der Waals surface area contributed by atoms with Gasteiger partial charge in [0.2, 0.25) is 0 Å². The molecule has 0 aromatic carbocycles. The van der Waals surface area contributed by atoms with E-state index in [-0.39, 0.29) is 0 Å². The summed E-state index contributed by atoms with van der Waals surface area (Å²) in [5, 5.41) is 12.2. The van der Waals surface area contributed by atoms with Crippen LogP contribution in [0.3, 0.4) is 0 Å². The first-order chi connectivity index (χ1) is 4.79. The molecule has 0 bridgehead atoms. The molecule has 59 valence electrons. The van der Waals surface area contributed by atoms with Gasteiger partial charge < -0.3 is 10.4 Å². The van der Waals surface area contributed by atoms with Crippen LogP contribution in [0.5, 0.6) is 0 Å². The number of rotatable bonds is 2. The summed E-state index contributed by atoms with van der Waals surface area (Å²) in [5.41, 5.74) is 0. The van der Waals surface area contributed by atoms with Crippen LogP contribution in [0, 0.1) is 6.92 Å². The highest BCUT2D eigenvalue weighted by Crippen LogP contribution is 1.93. The summed E-state index contributed by atoms with van der Waals surface area (Å²) in [7, 11) is 0. The van der Waals surface area contributed by atoms with E-state index in [4.69, 9.17) is 5.11 Å². The fraction of sp³-hybridized carbons (Fsp3) is 0.857. The number of piperazine rings is 1. The summed E-state index contributed by atoms with van der Waals surface area (Å²) in [6.45, 7) is 8.37. The predicted octanol–water partition coefficient (Wildman–Crippen LogP) is -0.913. The second-order valence-corrected chi connectivity index (χ2v) is 2.70. The van der Waals surface area contributed by atoms with E-state index in [0.717, 1.165) is 26.2 Å². The molecule has 0 spiro atoms. The maximum absolute atomic E-state index is 8.93. The Bertz CT molecular complexity index is 89.6. The molecule has 2 N–H and O–H groups in total. The minimum Gasteiger partial charge on any atom is -0.392 e. The summed E-state index contributed by atoms with van der Waals surface area (Å²) in [6.07, 6.45) is -0.432. The van der Waals surface area contributed by atoms with E-state index in [1.807, 2.05) is 0 Å². The maximum atomic E-state index is 8.93. The van der Waals surface area contributed by atoms with Crippen molar-refractivity contribution in [2.45, 2.75) is 6.10 Å². The molecule has 1 aliphatic heterocycles. The summed E-state index contributed by atoms with van der Waals surface area (Å²) in [5.74, 6) is 0. The monoisotopic (exact) mass is 143 g/mol. The minimum absolute atomic E-state index is 0.432. The van der Waals surface area contributed by atoms with E-state index in [1.165, 1.54) is 0 Å². The van der Waals surface area contributed by atoms with Gasteiger partial charge in [0.05, 0.1) is 6.10 Å². The van der Waals surface area contributed by atoms with E-state index in [2.05, 4.69) is 17.1 Å². The second kappa shape index (κ2) is 3.91. The normalized spacial score (nSPS) is 24.6. The molecule has 0 amide bonds. The van der Waals surface area contributed by atoms with Crippen molar-refractivity contribution in [3.8, 4) is 0 Å². The Morgan fingerprint density at radius 2 is 2.10 bits per heavy atom. The molecule has 1 aliphatic rings. The van der Waals surface area contributed by atoms with E-state index >= 15 is 0 Å². The molecule has 3 nitrogen and oxygen atoms in total. The van der Waals surface area contributed by atoms with Gasteiger partial charge >= 0.3 is 0 Å². The fourth-order valence-electron chi connectivity index (χ4n) is 1.19. The van der Waals surface area contributed by atoms with Gasteiger partial charge in [-0.2, -0.15) is 0 Å². The molecular formula is C7H15N2O. The van der Waals surface area contributed by atoms with Crippen molar-refractivity contribution in [2.24, 2.45) is 0 Å². The Labute approximate surface area is 62.0 Å². The molecule has 0 aromatic heterocycles. The lowest BCUT2D eigenvalue weighted by Crippen LogP contribution is -2.45. The quantitative estimate of drug-likeness (QED) is 0.525. The summed E-state index contributed by atoms with van der Waals surface area (Å²) >= 11 is 0. The van der Waals surface area contributed by atoms with Gasteiger partial charge in [-0.05, 0) is 6.92 Å². The van der Waals surface area contributed by atoms with Gasteiger partial charge in [-0.1, -0.05) is 0 Å². The Kier molecular flexibility index (Phi) is 3.12. The van der Waals surface area contributed by atoms with E-state index in [9.17, 15) is 0 Å². The van der Waals surface area contributed by atoms with Crippen LogP contribution >= 0.6 is 0 Å². The minimum atomic E-state index is -0.432. The van der Waals surface area contributed by atoms with Crippen LogP contribution in [-0.2, 0) is 0 Å². The lowest BCUT2D eigenvalue weighted by Gasteiger charge is -2.27. The highest BCUT2D eigenvalue weighted by atomic mass is 16.3. The first kappa shape index (κ1) is 7.98. The van der Waals surface area contributed by atoms with Crippen LogP contribution in [0.4, 0.5) is 0 Å². The molecule has 0 aromatic rings. The number of aliphatic hydroxyl groups is 1. The van der Waals surface area contributed by atoms with Crippen LogP contribution in [0.25, 0.3) is 0 Å². The van der Waals surface area contributed by atoms with Crippen LogP contribution in [0.1, 0.15) is 0 Å². The standard InChI is InChI=1S/C7H15N2O/c1-7(10)6-9-4-2-8-3-5-9/h7-8,10H,1-6H2. The molecule has 1 heterocycles. The SMILES string of the molecule is [CH2]C(O)CN1CCNCC1. The van der Waals surface area contributed by atoms with Gasteiger partial charge in [0.1, 0.15) is 0 Å². The second-order valence-electron chi connectivity index (χ2n) is 2.70. The maximum Gasteiger partial charge on any atom is 0.0668 e. The highest BCUT2D eigenvalue weighted by molar-refractivity contribution is 4.71. The van der Waals surface area contributed by atoms with Crippen LogP contribution < -0.4 is 5.32 Å². The summed E-state index contributed by atoms with van der Waals surface area (Å²) < 4.78 is 0. The number of hydrogen-bond acceptors (Lipinski definition) is 3. The highest BCUT2D eigenvalue weighted by Gasteiger charge is 2.10. The van der Waals surface area contributed by atoms with E-state index in [0.29, 0.717) is 6.54 Å². The third kappa shape index (κ3) is 2.64. The molecule has 1 atom stereocenters. The van der Waals surface area contributed by atoms with Crippen molar-refractivity contribution in [1.82, 2.24) is 10.2 Å². The number of nitrogens with one attached hydrogen (secondary N) is 1. The zero-order valence-electron chi connectivity index (χ0n) is 6.21. The van der Waals surface area contributed by atoms with Gasteiger partial charge in [-0.15, -0.1) is 0 Å². The number of nitrogens with zero attached hydrogens (tertiary/aromatic N) is 1. The average molecular weight is 143 g/mol. The van der Waals surface area contributed by atoms with Crippen molar-refractivity contribution >= 4 is 0 Å². The molecule has 0 aliphatic carbocycles. The van der Waals surface area contributed by atoms with Gasteiger partial charge in [-0.25, -0.2) is 0 Å². The molecule has 1 saturated heterocycles. The molecule has 1 rings (SSSR count). The lowest BCUT2D eigenvalue weighted by molar-refractivity contribution is 0.135. The van der Waals surface area contributed by atoms with Crippen molar-refractivity contribution in [1.29, 1.82) is 0 Å². The van der Waals surface area contributed by atoms with Crippen molar-refractivity contribution in [3.05, 3.63) is 6.92 Å². The van der Waals surface area contributed by atoms with E-state index in [1.54, 1.807) is 0 Å². The summed E-state index contributed by atoms with van der Waals surface area (Å²) in [4.78, 5) is 2.22. The van der Waals surface area contributed by atoms with Crippen LogP contribution in [0.15, 0.2) is 0 Å². The van der Waals surface area contributed by atoms with Gasteiger partial charge in [-0.3, -0.25) is 4.90 Å². The molecular weight excluding hydrogens is 128 g/mol. The summed E-state index contributed by atoms with van der Waals surface area (Å²) in [6, 6.07) is 0. The van der Waals surface area contributed by atoms with E-state index < -0.39 is 6.10 Å². The molecule has 0 saturated carbocycles. The Hall–Kier alpha value is -0.120. The van der Waals surface area contributed by atoms with Gasteiger partial charge in [0, 0.05) is 32.7 Å². The van der Waals surface area contributed by atoms with Crippen molar-refractivity contribution in [3.63, 3.8) is 0 Å². The first-order valence-corrected chi connectivity index (χ1v) is 3.73. The Morgan fingerprint density at radius 1 is 1.50 bits per heavy atom. The number of β-amino-alcohol motifs (C(OH)–C–C–N with tert-alkyl or cyclic N) is 1. The average Bonchev–Trinajstić information content (AvgIpc) is 1.88. The predicted molar refractivity (Wildman–Crippen MR) is 40.7 cm³/mol. The largest absolute Gasteiger partial charge is 0.392 e. The smallest absolute Gasteiger partial charge is 0.0668 e. The topological polar surface area (TPSA) is 35.5 Å². The van der Waals surface area contributed by atoms with Crippen molar-refractivity contribution < 1.29 is 5.11 Å². The molecule has 1 radical (unpaired) electrons. The Morgan fingerprint density at radius 3 is 2.60 bits per heavy atom. The molecule has 3 heteroatoms. The fourth-order valence-corrected chi connectivity index (χ4v) is 1.19. The molecule has 1 fully saturated rings. The molecule has 1 unspecified atom stereocenters. The Balaban J connectivity index is 2.13. The van der Waals surface area contributed by atoms with Crippen LogP contribution in [-0.4, -0.2) is 48.8 Å². The van der Waals surface area contributed by atoms with Gasteiger partial charge in [0.25, 0.3) is 0 Å². The van der Waals surface area contributed by atoms with Gasteiger partial charge in [0.15, 0.2) is 0 Å². The number of aliphatic hydroxyl groups excluding tert-OH is 1. The first-order valence-electron chi connectivity index (χ1n) is 3.73. The molecule has 10 heavy (non-hydrogen) atoms. The van der Waals surface area contributed by atoms with Crippen LogP contribution in [0.2, 0.25) is 0 Å². The lowest BCUT2D eigenvalue weighted by atomic mass is 10.3. The third-order valence-electron chi connectivity index (χ3n) is 1.68.